The van der Waals surface area contributed by atoms with Crippen molar-refractivity contribution in [3.8, 4) is 0 Å². The van der Waals surface area contributed by atoms with E-state index < -0.39 is 18.1 Å². The van der Waals surface area contributed by atoms with Gasteiger partial charge in [-0.3, -0.25) is 4.79 Å². The van der Waals surface area contributed by atoms with Gasteiger partial charge in [0.25, 0.3) is 0 Å². The summed E-state index contributed by atoms with van der Waals surface area (Å²) in [5.74, 6) is -0.666. The molecule has 0 saturated heterocycles. The molecule has 6 nitrogen and oxygen atoms in total. The Morgan fingerprint density at radius 3 is 2.43 bits per heavy atom. The van der Waals surface area contributed by atoms with E-state index in [0.717, 1.165) is 5.56 Å². The zero-order valence-corrected chi connectivity index (χ0v) is 17.2. The van der Waals surface area contributed by atoms with E-state index in [2.05, 4.69) is 5.32 Å². The first-order valence-electron chi connectivity index (χ1n) is 9.53. The van der Waals surface area contributed by atoms with Crippen molar-refractivity contribution in [2.75, 3.05) is 0 Å². The molecular weight excluding hydrogens is 358 g/mol. The molecule has 0 spiro atoms. The second-order valence-corrected chi connectivity index (χ2v) is 8.25. The minimum Gasteiger partial charge on any atom is -0.445 e. The molecule has 0 aliphatic heterocycles. The molecule has 0 bridgehead atoms. The van der Waals surface area contributed by atoms with Crippen LogP contribution in [0.15, 0.2) is 42.2 Å². The number of amides is 1. The lowest BCUT2D eigenvalue weighted by Gasteiger charge is -2.34. The lowest BCUT2D eigenvalue weighted by Crippen LogP contribution is -2.45. The summed E-state index contributed by atoms with van der Waals surface area (Å²) in [6, 6.07) is 8.40. The van der Waals surface area contributed by atoms with Crippen LogP contribution in [0.4, 0.5) is 4.79 Å². The highest BCUT2D eigenvalue weighted by Gasteiger charge is 2.37. The molecule has 2 rings (SSSR count). The normalized spacial score (nSPS) is 19.6. The molecule has 1 N–H and O–H groups in total. The van der Waals surface area contributed by atoms with E-state index in [-0.39, 0.29) is 29.6 Å². The molecule has 0 heterocycles. The van der Waals surface area contributed by atoms with E-state index in [1.54, 1.807) is 13.8 Å². The Balaban J connectivity index is 1.97. The van der Waals surface area contributed by atoms with Crippen LogP contribution in [-0.2, 0) is 25.7 Å². The van der Waals surface area contributed by atoms with Gasteiger partial charge in [-0.2, -0.15) is 0 Å². The number of hydrogen-bond donors (Lipinski definition) is 1. The number of alkyl carbamates (subject to hydrolysis) is 1. The summed E-state index contributed by atoms with van der Waals surface area (Å²) in [5, 5.41) is 2.57. The Kier molecular flexibility index (Phi) is 7.00. The summed E-state index contributed by atoms with van der Waals surface area (Å²) >= 11 is 0. The maximum atomic E-state index is 12.6. The fraction of sp³-hybridized carbons (Fsp3) is 0.500. The third kappa shape index (κ3) is 5.68. The number of esters is 1. The van der Waals surface area contributed by atoms with Gasteiger partial charge in [0.1, 0.15) is 18.4 Å². The Hall–Kier alpha value is -2.63. The number of carbonyl (C=O) groups is 3. The number of hydrogen-bond acceptors (Lipinski definition) is 5. The number of ketones is 1. The molecule has 6 heteroatoms. The summed E-state index contributed by atoms with van der Waals surface area (Å²) in [4.78, 5) is 36.9. The minimum atomic E-state index is -0.873. The van der Waals surface area contributed by atoms with Crippen molar-refractivity contribution < 1.29 is 23.9 Å². The van der Waals surface area contributed by atoms with Gasteiger partial charge in [-0.1, -0.05) is 65.0 Å². The molecule has 1 aromatic carbocycles. The summed E-state index contributed by atoms with van der Waals surface area (Å²) < 4.78 is 10.7. The fourth-order valence-electron chi connectivity index (χ4n) is 2.97. The third-order valence-corrected chi connectivity index (χ3v) is 5.17. The summed E-state index contributed by atoms with van der Waals surface area (Å²) in [6.45, 7) is 9.52. The number of benzene rings is 1. The lowest BCUT2D eigenvalue weighted by molar-refractivity contribution is -0.144. The number of rotatable bonds is 6. The first-order valence-corrected chi connectivity index (χ1v) is 9.53. The Bertz CT molecular complexity index is 751. The molecule has 0 saturated carbocycles. The molecule has 2 atom stereocenters. The van der Waals surface area contributed by atoms with E-state index in [1.807, 2.05) is 51.1 Å². The molecule has 1 amide bonds. The predicted molar refractivity (Wildman–Crippen MR) is 105 cm³/mol. The SMILES string of the molecule is CC(C)[C@H](NC(=O)OCc1ccccc1)C(=O)OC1=CC(=O)C(C)C(C)(C)C1. The summed E-state index contributed by atoms with van der Waals surface area (Å²) in [7, 11) is 0. The quantitative estimate of drug-likeness (QED) is 0.746. The molecule has 0 fully saturated rings. The average Bonchev–Trinajstić information content (AvgIpc) is 2.62. The van der Waals surface area contributed by atoms with Crippen LogP contribution in [0.1, 0.15) is 46.6 Å². The van der Waals surface area contributed by atoms with E-state index in [0.29, 0.717) is 12.2 Å². The highest BCUT2D eigenvalue weighted by atomic mass is 16.6. The molecule has 1 unspecified atom stereocenters. The van der Waals surface area contributed by atoms with Gasteiger partial charge < -0.3 is 14.8 Å². The van der Waals surface area contributed by atoms with Crippen molar-refractivity contribution in [1.29, 1.82) is 0 Å². The van der Waals surface area contributed by atoms with Crippen molar-refractivity contribution in [2.24, 2.45) is 17.3 Å². The zero-order valence-electron chi connectivity index (χ0n) is 17.2. The average molecular weight is 387 g/mol. The second kappa shape index (κ2) is 9.04. The second-order valence-electron chi connectivity index (χ2n) is 8.25. The van der Waals surface area contributed by atoms with Gasteiger partial charge in [0.2, 0.25) is 0 Å². The first kappa shape index (κ1) is 21.7. The Labute approximate surface area is 166 Å². The number of ether oxygens (including phenoxy) is 2. The van der Waals surface area contributed by atoms with Gasteiger partial charge in [0, 0.05) is 18.4 Å². The molecule has 0 radical (unpaired) electrons. The Morgan fingerprint density at radius 2 is 1.86 bits per heavy atom. The fourth-order valence-corrected chi connectivity index (χ4v) is 2.97. The van der Waals surface area contributed by atoms with Gasteiger partial charge in [-0.15, -0.1) is 0 Å². The van der Waals surface area contributed by atoms with Crippen LogP contribution in [0.2, 0.25) is 0 Å². The van der Waals surface area contributed by atoms with Crippen LogP contribution in [0.25, 0.3) is 0 Å². The van der Waals surface area contributed by atoms with Crippen LogP contribution >= 0.6 is 0 Å². The molecular formula is C22H29NO5. The number of carbonyl (C=O) groups excluding carboxylic acids is 3. The lowest BCUT2D eigenvalue weighted by atomic mass is 9.71. The molecule has 1 aliphatic rings. The van der Waals surface area contributed by atoms with Gasteiger partial charge in [0.05, 0.1) is 0 Å². The maximum absolute atomic E-state index is 12.6. The first-order chi connectivity index (χ1) is 13.1. The van der Waals surface area contributed by atoms with Crippen LogP contribution in [0.5, 0.6) is 0 Å². The van der Waals surface area contributed by atoms with Crippen molar-refractivity contribution in [2.45, 2.75) is 53.7 Å². The van der Waals surface area contributed by atoms with Crippen molar-refractivity contribution >= 4 is 17.8 Å². The van der Waals surface area contributed by atoms with E-state index in [1.165, 1.54) is 6.08 Å². The molecule has 0 aromatic heterocycles. The third-order valence-electron chi connectivity index (χ3n) is 5.17. The van der Waals surface area contributed by atoms with Crippen LogP contribution < -0.4 is 5.32 Å². The standard InChI is InChI=1S/C22H29NO5/c1-14(2)19(23-21(26)27-13-16-9-7-6-8-10-16)20(25)28-17-11-18(24)15(3)22(4,5)12-17/h6-11,14-15,19H,12-13H2,1-5H3,(H,23,26)/t15?,19-/m0/s1. The summed E-state index contributed by atoms with van der Waals surface area (Å²) in [5.41, 5.74) is 0.556. The predicted octanol–water partition coefficient (Wildman–Crippen LogP) is 4.00. The van der Waals surface area contributed by atoms with Crippen LogP contribution in [-0.4, -0.2) is 23.9 Å². The van der Waals surface area contributed by atoms with Gasteiger partial charge >= 0.3 is 12.1 Å². The molecule has 152 valence electrons. The molecule has 28 heavy (non-hydrogen) atoms. The highest BCUT2D eigenvalue weighted by Crippen LogP contribution is 2.38. The van der Waals surface area contributed by atoms with E-state index >= 15 is 0 Å². The summed E-state index contributed by atoms with van der Waals surface area (Å²) in [6.07, 6.45) is 1.18. The number of allylic oxidation sites excluding steroid dienone is 2. The van der Waals surface area contributed by atoms with Crippen molar-refractivity contribution in [3.63, 3.8) is 0 Å². The minimum absolute atomic E-state index is 0.0598. The monoisotopic (exact) mass is 387 g/mol. The Morgan fingerprint density at radius 1 is 1.21 bits per heavy atom. The van der Waals surface area contributed by atoms with Crippen molar-refractivity contribution in [3.05, 3.63) is 47.7 Å². The highest BCUT2D eigenvalue weighted by molar-refractivity contribution is 5.94. The van der Waals surface area contributed by atoms with Gasteiger partial charge in [-0.25, -0.2) is 9.59 Å². The van der Waals surface area contributed by atoms with E-state index in [4.69, 9.17) is 9.47 Å². The molecule has 1 aliphatic carbocycles. The smallest absolute Gasteiger partial charge is 0.408 e. The van der Waals surface area contributed by atoms with Gasteiger partial charge in [-0.05, 0) is 16.9 Å². The zero-order chi connectivity index (χ0) is 20.9. The topological polar surface area (TPSA) is 81.7 Å². The molecule has 1 aromatic rings. The largest absolute Gasteiger partial charge is 0.445 e. The maximum Gasteiger partial charge on any atom is 0.408 e. The van der Waals surface area contributed by atoms with Crippen molar-refractivity contribution in [1.82, 2.24) is 5.32 Å². The van der Waals surface area contributed by atoms with E-state index in [9.17, 15) is 14.4 Å². The van der Waals surface area contributed by atoms with Gasteiger partial charge in [0.15, 0.2) is 5.78 Å². The number of nitrogens with one attached hydrogen (secondary N) is 1. The van der Waals surface area contributed by atoms with Crippen LogP contribution in [0.3, 0.4) is 0 Å². The van der Waals surface area contributed by atoms with Crippen LogP contribution in [0, 0.1) is 17.3 Å².